The van der Waals surface area contributed by atoms with E-state index in [2.05, 4.69) is 17.4 Å². The van der Waals surface area contributed by atoms with Gasteiger partial charge in [0.1, 0.15) is 5.60 Å². The van der Waals surface area contributed by atoms with Gasteiger partial charge in [-0.25, -0.2) is 4.79 Å². The van der Waals surface area contributed by atoms with Gasteiger partial charge in [-0.15, -0.1) is 0 Å². The predicted octanol–water partition coefficient (Wildman–Crippen LogP) is 4.14. The molecule has 1 heterocycles. The van der Waals surface area contributed by atoms with Crippen LogP contribution in [0, 0.1) is 0 Å². The van der Waals surface area contributed by atoms with Gasteiger partial charge in [-0.2, -0.15) is 0 Å². The van der Waals surface area contributed by atoms with Crippen LogP contribution in [0.1, 0.15) is 61.0 Å². The molecule has 0 aromatic heterocycles. The van der Waals surface area contributed by atoms with Gasteiger partial charge in [-0.3, -0.25) is 4.79 Å². The van der Waals surface area contributed by atoms with Crippen molar-refractivity contribution < 1.29 is 19.1 Å². The number of nitrogens with one attached hydrogen (secondary N) is 1. The van der Waals surface area contributed by atoms with Crippen LogP contribution >= 0.6 is 0 Å². The third kappa shape index (κ3) is 7.17. The Kier molecular flexibility index (Phi) is 7.64. The van der Waals surface area contributed by atoms with E-state index in [1.165, 1.54) is 5.56 Å². The molecule has 1 aliphatic heterocycles. The number of carbonyl (C=O) groups is 2. The third-order valence-electron chi connectivity index (χ3n) is 5.86. The quantitative estimate of drug-likeness (QED) is 0.647. The monoisotopic (exact) mass is 468 g/mol. The van der Waals surface area contributed by atoms with E-state index in [9.17, 15) is 14.4 Å². The number of rotatable bonds is 5. The summed E-state index contributed by atoms with van der Waals surface area (Å²) in [6, 6.07) is 15.7. The summed E-state index contributed by atoms with van der Waals surface area (Å²) in [5.74, 6) is 0.412. The molecule has 0 atom stereocenters. The van der Waals surface area contributed by atoms with Gasteiger partial charge in [0.05, 0.1) is 0 Å². The Hall–Kier alpha value is -2.64. The largest absolute Gasteiger partial charge is 0.444 e. The lowest BCUT2D eigenvalue weighted by molar-refractivity contribution is 0.0523. The van der Waals surface area contributed by atoms with Crippen LogP contribution in [0.25, 0.3) is 0 Å². The first-order chi connectivity index (χ1) is 15.4. The maximum atomic E-state index is 13.0. The molecule has 2 aromatic carbocycles. The lowest BCUT2D eigenvalue weighted by Gasteiger charge is -2.32. The van der Waals surface area contributed by atoms with E-state index in [1.807, 2.05) is 75.2 Å². The number of nitrogens with zero attached hydrogens (tertiary/aromatic N) is 1. The van der Waals surface area contributed by atoms with Crippen LogP contribution in [0.15, 0.2) is 48.5 Å². The summed E-state index contributed by atoms with van der Waals surface area (Å²) in [6.45, 7) is 11.1. The van der Waals surface area contributed by atoms with Crippen LogP contribution < -0.4 is 10.5 Å². The fourth-order valence-corrected chi connectivity index (χ4v) is 5.09. The minimum Gasteiger partial charge on any atom is -0.444 e. The van der Waals surface area contributed by atoms with Crippen molar-refractivity contribution >= 4 is 25.5 Å². The molecule has 0 spiro atoms. The van der Waals surface area contributed by atoms with Crippen molar-refractivity contribution in [3.8, 4) is 0 Å². The first kappa shape index (κ1) is 25.0. The Morgan fingerprint density at radius 3 is 2.39 bits per heavy atom. The summed E-state index contributed by atoms with van der Waals surface area (Å²) in [5, 5.41) is 3.69. The van der Waals surface area contributed by atoms with Gasteiger partial charge in [0.25, 0.3) is 5.91 Å². The SMILES string of the molecule is CC(C)(C)OC(=O)NCc1cccc(C2CCN(C(=O)c3cccc([Si](C)(C)O)c3)CC2)c1. The molecular weight excluding hydrogens is 432 g/mol. The van der Waals surface area contributed by atoms with Crippen molar-refractivity contribution in [1.82, 2.24) is 10.2 Å². The standard InChI is InChI=1S/C26H36N2O4Si/c1-26(2,3)32-25(30)27-18-19-8-6-9-21(16-19)20-12-14-28(15-13-20)24(29)22-10-7-11-23(17-22)33(4,5)31/h6-11,16-17,20,31H,12-15,18H2,1-5H3,(H,27,30). The minimum atomic E-state index is -2.45. The Morgan fingerprint density at radius 1 is 1.09 bits per heavy atom. The summed E-state index contributed by atoms with van der Waals surface area (Å²) < 4.78 is 5.30. The van der Waals surface area contributed by atoms with E-state index >= 15 is 0 Å². The highest BCUT2D eigenvalue weighted by molar-refractivity contribution is 6.83. The van der Waals surface area contributed by atoms with Crippen LogP contribution in [-0.4, -0.2) is 48.7 Å². The van der Waals surface area contributed by atoms with Gasteiger partial charge >= 0.3 is 6.09 Å². The van der Waals surface area contributed by atoms with Gasteiger partial charge in [0.15, 0.2) is 0 Å². The second-order valence-electron chi connectivity index (χ2n) is 10.3. The van der Waals surface area contributed by atoms with Crippen LogP contribution in [0.4, 0.5) is 4.79 Å². The van der Waals surface area contributed by atoms with Crippen molar-refractivity contribution in [3.05, 3.63) is 65.2 Å². The zero-order valence-corrected chi connectivity index (χ0v) is 21.4. The number of hydrogen-bond acceptors (Lipinski definition) is 4. The van der Waals surface area contributed by atoms with Gasteiger partial charge < -0.3 is 19.7 Å². The molecule has 2 amide bonds. The average molecular weight is 469 g/mol. The summed E-state index contributed by atoms with van der Waals surface area (Å²) in [7, 11) is -2.45. The average Bonchev–Trinajstić information content (AvgIpc) is 2.76. The van der Waals surface area contributed by atoms with Gasteiger partial charge in [0.2, 0.25) is 8.32 Å². The molecule has 2 N–H and O–H groups in total. The number of amides is 2. The summed E-state index contributed by atoms with van der Waals surface area (Å²) in [4.78, 5) is 37.3. The predicted molar refractivity (Wildman–Crippen MR) is 133 cm³/mol. The maximum absolute atomic E-state index is 13.0. The molecule has 0 aliphatic carbocycles. The van der Waals surface area contributed by atoms with Crippen molar-refractivity contribution in [2.75, 3.05) is 13.1 Å². The summed E-state index contributed by atoms with van der Waals surface area (Å²) in [6.07, 6.45) is 1.37. The van der Waals surface area contributed by atoms with E-state index < -0.39 is 20.0 Å². The smallest absolute Gasteiger partial charge is 0.407 e. The van der Waals surface area contributed by atoms with E-state index in [-0.39, 0.29) is 5.91 Å². The fraction of sp³-hybridized carbons (Fsp3) is 0.462. The van der Waals surface area contributed by atoms with Crippen LogP contribution in [0.3, 0.4) is 0 Å². The molecular formula is C26H36N2O4Si. The number of benzene rings is 2. The van der Waals surface area contributed by atoms with Gasteiger partial charge in [-0.05, 0) is 81.1 Å². The van der Waals surface area contributed by atoms with E-state index in [1.54, 1.807) is 0 Å². The molecule has 0 unspecified atom stereocenters. The van der Waals surface area contributed by atoms with Crippen molar-refractivity contribution in [1.29, 1.82) is 0 Å². The van der Waals surface area contributed by atoms with Crippen LogP contribution in [-0.2, 0) is 11.3 Å². The normalized spacial score (nSPS) is 15.3. The van der Waals surface area contributed by atoms with Gasteiger partial charge in [0, 0.05) is 25.2 Å². The summed E-state index contributed by atoms with van der Waals surface area (Å²) >= 11 is 0. The maximum Gasteiger partial charge on any atom is 0.407 e. The molecule has 1 aliphatic rings. The highest BCUT2D eigenvalue weighted by Crippen LogP contribution is 2.29. The molecule has 0 saturated carbocycles. The number of hydrogen-bond donors (Lipinski definition) is 2. The number of piperidine rings is 1. The van der Waals surface area contributed by atoms with E-state index in [0.717, 1.165) is 23.6 Å². The molecule has 2 aromatic rings. The Labute approximate surface area is 198 Å². The lowest BCUT2D eigenvalue weighted by Crippen LogP contribution is -2.43. The Morgan fingerprint density at radius 2 is 1.76 bits per heavy atom. The van der Waals surface area contributed by atoms with Crippen molar-refractivity contribution in [3.63, 3.8) is 0 Å². The number of ether oxygens (including phenoxy) is 1. The highest BCUT2D eigenvalue weighted by Gasteiger charge is 2.26. The molecule has 0 radical (unpaired) electrons. The number of alkyl carbamates (subject to hydrolysis) is 1. The van der Waals surface area contributed by atoms with Gasteiger partial charge in [-0.1, -0.05) is 36.4 Å². The zero-order chi connectivity index (χ0) is 24.2. The fourth-order valence-electron chi connectivity index (χ4n) is 4.08. The molecule has 6 nitrogen and oxygen atoms in total. The third-order valence-corrected chi connectivity index (χ3v) is 7.58. The first-order valence-corrected chi connectivity index (χ1v) is 14.5. The highest BCUT2D eigenvalue weighted by atomic mass is 28.4. The van der Waals surface area contributed by atoms with Crippen molar-refractivity contribution in [2.24, 2.45) is 0 Å². The molecule has 1 fully saturated rings. The number of likely N-dealkylation sites (tertiary alicyclic amines) is 1. The zero-order valence-electron chi connectivity index (χ0n) is 20.4. The molecule has 178 valence electrons. The second-order valence-corrected chi connectivity index (χ2v) is 14.0. The molecule has 7 heteroatoms. The summed E-state index contributed by atoms with van der Waals surface area (Å²) in [5.41, 5.74) is 2.40. The number of carbonyl (C=O) groups excluding carboxylic acids is 2. The van der Waals surface area contributed by atoms with E-state index in [4.69, 9.17) is 4.74 Å². The van der Waals surface area contributed by atoms with E-state index in [0.29, 0.717) is 31.1 Å². The Bertz CT molecular complexity index is 986. The second kappa shape index (κ2) is 10.1. The molecule has 1 saturated heterocycles. The van der Waals surface area contributed by atoms with Crippen LogP contribution in [0.5, 0.6) is 0 Å². The first-order valence-electron chi connectivity index (χ1n) is 11.6. The molecule has 0 bridgehead atoms. The molecule has 33 heavy (non-hydrogen) atoms. The molecule has 3 rings (SSSR count). The Balaban J connectivity index is 1.57. The topological polar surface area (TPSA) is 78.9 Å². The lowest BCUT2D eigenvalue weighted by atomic mass is 9.88. The van der Waals surface area contributed by atoms with Crippen LogP contribution in [0.2, 0.25) is 13.1 Å². The minimum absolute atomic E-state index is 0.0314. The van der Waals surface area contributed by atoms with Crippen molar-refractivity contribution in [2.45, 2.75) is 64.8 Å².